The second-order valence-corrected chi connectivity index (χ2v) is 17.2. The minimum Gasteiger partial charge on any atom is -0.455 e. The molecule has 0 saturated heterocycles. The number of aromatic nitrogens is 2. The summed E-state index contributed by atoms with van der Waals surface area (Å²) >= 11 is 0. The highest BCUT2D eigenvalue weighted by Gasteiger charge is 2.19. The third-order valence-electron chi connectivity index (χ3n) is 13.6. The van der Waals surface area contributed by atoms with Gasteiger partial charge in [0.15, 0.2) is 5.82 Å². The van der Waals surface area contributed by atoms with Gasteiger partial charge < -0.3 is 4.42 Å². The van der Waals surface area contributed by atoms with Gasteiger partial charge in [0, 0.05) is 27.5 Å². The van der Waals surface area contributed by atoms with E-state index < -0.39 is 0 Å². The number of hydrogen-bond acceptors (Lipinski definition) is 3. The van der Waals surface area contributed by atoms with Gasteiger partial charge in [0.25, 0.3) is 0 Å². The Morgan fingerprint density at radius 3 is 1.43 bits per heavy atom. The number of hydrogen-bond donors (Lipinski definition) is 0. The predicted molar refractivity (Wildman–Crippen MR) is 273 cm³/mol. The van der Waals surface area contributed by atoms with Gasteiger partial charge in [-0.15, -0.1) is 0 Å². The third-order valence-corrected chi connectivity index (χ3v) is 13.6. The molecule has 12 aromatic carbocycles. The lowest BCUT2D eigenvalue weighted by Crippen LogP contribution is -1.96. The van der Waals surface area contributed by atoms with E-state index in [0.717, 1.165) is 61.1 Å². The van der Waals surface area contributed by atoms with Crippen molar-refractivity contribution in [1.29, 1.82) is 0 Å². The first-order chi connectivity index (χ1) is 32.2. The maximum Gasteiger partial charge on any atom is 0.160 e. The summed E-state index contributed by atoms with van der Waals surface area (Å²) in [5, 5.41) is 17.7. The molecule has 0 unspecified atom stereocenters. The van der Waals surface area contributed by atoms with Crippen LogP contribution in [0.25, 0.3) is 143 Å². The molecule has 0 atom stereocenters. The van der Waals surface area contributed by atoms with Crippen LogP contribution in [0.3, 0.4) is 0 Å². The van der Waals surface area contributed by atoms with Gasteiger partial charge >= 0.3 is 0 Å². The lowest BCUT2D eigenvalue weighted by atomic mass is 9.86. The fourth-order valence-corrected chi connectivity index (χ4v) is 10.5. The smallest absolute Gasteiger partial charge is 0.160 e. The van der Waals surface area contributed by atoms with E-state index in [4.69, 9.17) is 14.4 Å². The Labute approximate surface area is 373 Å². The van der Waals surface area contributed by atoms with Crippen LogP contribution in [0, 0.1) is 0 Å². The fraction of sp³-hybridized carbons (Fsp3) is 0. The molecule has 2 aromatic heterocycles. The number of para-hydroxylation sites is 2. The summed E-state index contributed by atoms with van der Waals surface area (Å²) in [5.41, 5.74) is 11.0. The minimum absolute atomic E-state index is 0.673. The Balaban J connectivity index is 0.869. The van der Waals surface area contributed by atoms with Gasteiger partial charge in [-0.2, -0.15) is 0 Å². The Morgan fingerprint density at radius 2 is 0.769 bits per heavy atom. The first kappa shape index (κ1) is 35.9. The Hall–Kier alpha value is -8.66. The molecule has 14 aromatic rings. The summed E-state index contributed by atoms with van der Waals surface area (Å²) in [6.07, 6.45) is 0. The van der Waals surface area contributed by atoms with Crippen LogP contribution >= 0.6 is 0 Å². The molecular formula is C62H36N2O. The van der Waals surface area contributed by atoms with Crippen molar-refractivity contribution in [3.05, 3.63) is 218 Å². The molecule has 65 heavy (non-hydrogen) atoms. The van der Waals surface area contributed by atoms with E-state index in [1.54, 1.807) is 0 Å². The van der Waals surface area contributed by atoms with E-state index in [-0.39, 0.29) is 0 Å². The highest BCUT2D eigenvalue weighted by atomic mass is 16.3. The topological polar surface area (TPSA) is 38.9 Å². The van der Waals surface area contributed by atoms with Crippen LogP contribution in [0.4, 0.5) is 0 Å². The summed E-state index contributed by atoms with van der Waals surface area (Å²) in [7, 11) is 0. The second kappa shape index (κ2) is 13.9. The van der Waals surface area contributed by atoms with E-state index in [1.807, 2.05) is 30.3 Å². The lowest BCUT2D eigenvalue weighted by Gasteiger charge is -2.17. The van der Waals surface area contributed by atoms with Crippen LogP contribution in [0.2, 0.25) is 0 Å². The molecule has 0 bridgehead atoms. The maximum absolute atomic E-state index is 6.46. The molecular weight excluding hydrogens is 789 g/mol. The maximum atomic E-state index is 6.46. The van der Waals surface area contributed by atoms with Gasteiger partial charge in [0.1, 0.15) is 11.2 Å². The molecule has 0 N–H and O–H groups in total. The molecule has 0 aliphatic rings. The Bertz CT molecular complexity index is 4200. The molecule has 3 heteroatoms. The van der Waals surface area contributed by atoms with E-state index in [9.17, 15) is 0 Å². The zero-order valence-electron chi connectivity index (χ0n) is 35.1. The average molecular weight is 825 g/mol. The van der Waals surface area contributed by atoms with Gasteiger partial charge in [0.05, 0.1) is 11.4 Å². The van der Waals surface area contributed by atoms with Crippen molar-refractivity contribution >= 4 is 86.6 Å². The van der Waals surface area contributed by atoms with Crippen molar-refractivity contribution < 1.29 is 4.42 Å². The normalized spacial score (nSPS) is 12.0. The van der Waals surface area contributed by atoms with Gasteiger partial charge in [-0.3, -0.25) is 0 Å². The van der Waals surface area contributed by atoms with Crippen LogP contribution in [0.1, 0.15) is 0 Å². The first-order valence-corrected chi connectivity index (χ1v) is 22.2. The van der Waals surface area contributed by atoms with Gasteiger partial charge in [-0.1, -0.05) is 188 Å². The second-order valence-electron chi connectivity index (χ2n) is 17.2. The summed E-state index contributed by atoms with van der Waals surface area (Å²) in [5.74, 6) is 0.673. The van der Waals surface area contributed by atoms with Crippen LogP contribution < -0.4 is 0 Å². The highest BCUT2D eigenvalue weighted by Crippen LogP contribution is 2.45. The standard InChI is InChI=1S/C62H36N2O/c1-2-10-44(11-3-1)62-63-54(36-55(64-62)52-20-9-19-51-47-15-4-5-21-56(47)65-61(51)52)40-28-26-38(27-29-40)37-22-24-39(25-23-37)46-34-45-33-32-43-13-7-17-49-48-16-6-12-41-30-31-42-14-8-18-50(59(42)57(41)48)53(35-46)60(45)58(43)49/h1-36H. The van der Waals surface area contributed by atoms with E-state index in [0.29, 0.717) is 5.82 Å². The molecule has 0 aliphatic heterocycles. The average Bonchev–Trinajstić information content (AvgIpc) is 3.76. The zero-order chi connectivity index (χ0) is 42.6. The molecule has 2 heterocycles. The Morgan fingerprint density at radius 1 is 0.277 bits per heavy atom. The van der Waals surface area contributed by atoms with Crippen molar-refractivity contribution in [3.8, 4) is 56.2 Å². The predicted octanol–water partition coefficient (Wildman–Crippen LogP) is 17.1. The van der Waals surface area contributed by atoms with Gasteiger partial charge in [-0.05, 0) is 117 Å². The van der Waals surface area contributed by atoms with Crippen molar-refractivity contribution in [1.82, 2.24) is 9.97 Å². The lowest BCUT2D eigenvalue weighted by molar-refractivity contribution is 0.670. The molecule has 3 nitrogen and oxygen atoms in total. The molecule has 300 valence electrons. The molecule has 14 rings (SSSR count). The zero-order valence-corrected chi connectivity index (χ0v) is 35.1. The summed E-state index contributed by atoms with van der Waals surface area (Å²) in [4.78, 5) is 10.3. The molecule has 0 spiro atoms. The third kappa shape index (κ3) is 5.56. The van der Waals surface area contributed by atoms with Crippen LogP contribution in [0.15, 0.2) is 223 Å². The molecule has 0 amide bonds. The summed E-state index contributed by atoms with van der Waals surface area (Å²) < 4.78 is 6.46. The molecule has 0 aliphatic carbocycles. The van der Waals surface area contributed by atoms with Crippen molar-refractivity contribution in [2.24, 2.45) is 0 Å². The van der Waals surface area contributed by atoms with Crippen molar-refractivity contribution in [2.75, 3.05) is 0 Å². The van der Waals surface area contributed by atoms with E-state index >= 15 is 0 Å². The van der Waals surface area contributed by atoms with Crippen molar-refractivity contribution in [2.45, 2.75) is 0 Å². The molecule has 0 saturated carbocycles. The molecule has 0 fully saturated rings. The first-order valence-electron chi connectivity index (χ1n) is 22.2. The number of furan rings is 1. The van der Waals surface area contributed by atoms with Gasteiger partial charge in [0.2, 0.25) is 0 Å². The summed E-state index contributed by atoms with van der Waals surface area (Å²) in [6, 6.07) is 78.8. The van der Waals surface area contributed by atoms with Crippen molar-refractivity contribution in [3.63, 3.8) is 0 Å². The minimum atomic E-state index is 0.673. The number of rotatable bonds is 5. The van der Waals surface area contributed by atoms with Crippen LogP contribution in [0.5, 0.6) is 0 Å². The van der Waals surface area contributed by atoms with Gasteiger partial charge in [-0.25, -0.2) is 9.97 Å². The van der Waals surface area contributed by atoms with E-state index in [2.05, 4.69) is 188 Å². The van der Waals surface area contributed by atoms with Crippen LogP contribution in [-0.4, -0.2) is 9.97 Å². The number of nitrogens with zero attached hydrogens (tertiary/aromatic N) is 2. The number of fused-ring (bicyclic) bond motifs is 5. The summed E-state index contributed by atoms with van der Waals surface area (Å²) in [6.45, 7) is 0. The molecule has 0 radical (unpaired) electrons. The largest absolute Gasteiger partial charge is 0.455 e. The Kier molecular flexibility index (Phi) is 7.69. The quantitative estimate of drug-likeness (QED) is 0.162. The van der Waals surface area contributed by atoms with Crippen LogP contribution in [-0.2, 0) is 0 Å². The fourth-order valence-electron chi connectivity index (χ4n) is 10.5. The van der Waals surface area contributed by atoms with E-state index in [1.165, 1.54) is 75.8 Å². The monoisotopic (exact) mass is 824 g/mol. The SMILES string of the molecule is c1ccc(-c2nc(-c3ccc(-c4ccc(-c5cc6ccc7cccc8c9cccc%10ccc%11cccc(c(c5)c6c78)c%11c%109)cc4)cc3)cc(-c3cccc4c3oc3ccccc34)n2)cc1. The number of benzene rings is 11. The highest BCUT2D eigenvalue weighted by molar-refractivity contribution is 6.37.